The molecule has 1 nitrogen and oxygen atoms in total. The Labute approximate surface area is 130 Å². The van der Waals surface area contributed by atoms with Crippen LogP contribution in [-0.4, -0.2) is 6.61 Å². The molecule has 0 amide bonds. The van der Waals surface area contributed by atoms with Crippen molar-refractivity contribution in [3.63, 3.8) is 0 Å². The molecule has 0 N–H and O–H groups in total. The van der Waals surface area contributed by atoms with Crippen molar-refractivity contribution in [1.29, 1.82) is 0 Å². The minimum Gasteiger partial charge on any atom is -0.373 e. The van der Waals surface area contributed by atoms with Crippen LogP contribution < -0.4 is 0 Å². The average molecular weight is 286 g/mol. The van der Waals surface area contributed by atoms with E-state index in [1.807, 2.05) is 0 Å². The molecule has 2 rings (SSSR count). The van der Waals surface area contributed by atoms with Crippen LogP contribution in [0.1, 0.15) is 68.9 Å². The van der Waals surface area contributed by atoms with E-state index in [9.17, 15) is 0 Å². The van der Waals surface area contributed by atoms with E-state index < -0.39 is 0 Å². The molecular weight excluding hydrogens is 256 g/mol. The third kappa shape index (κ3) is 5.32. The predicted molar refractivity (Wildman–Crippen MR) is 90.5 cm³/mol. The Morgan fingerprint density at radius 1 is 1.14 bits per heavy atom. The molecule has 0 unspecified atom stereocenters. The quantitative estimate of drug-likeness (QED) is 0.430. The summed E-state index contributed by atoms with van der Waals surface area (Å²) in [6.45, 7) is 7.28. The second-order valence-electron chi connectivity index (χ2n) is 6.41. The van der Waals surface area contributed by atoms with Crippen LogP contribution in [0.25, 0.3) is 0 Å². The molecule has 0 atom stereocenters. The molecule has 0 spiro atoms. The molecule has 0 aliphatic heterocycles. The van der Waals surface area contributed by atoms with Gasteiger partial charge in [0, 0.05) is 0 Å². The predicted octanol–water partition coefficient (Wildman–Crippen LogP) is 5.85. The van der Waals surface area contributed by atoms with Crippen molar-refractivity contribution in [3.8, 4) is 0 Å². The second-order valence-corrected chi connectivity index (χ2v) is 6.41. The number of ether oxygens (including phenoxy) is 1. The van der Waals surface area contributed by atoms with Gasteiger partial charge in [0.05, 0.1) is 13.2 Å². The number of hydrogen-bond donors (Lipinski definition) is 0. The minimum absolute atomic E-state index is 0.628. The van der Waals surface area contributed by atoms with Gasteiger partial charge in [-0.15, -0.1) is 6.58 Å². The van der Waals surface area contributed by atoms with E-state index in [0.717, 1.165) is 11.8 Å². The summed E-state index contributed by atoms with van der Waals surface area (Å²) in [5.74, 6) is 1.78. The lowest BCUT2D eigenvalue weighted by molar-refractivity contribution is 0.149. The Morgan fingerprint density at radius 3 is 2.48 bits per heavy atom. The van der Waals surface area contributed by atoms with Crippen LogP contribution in [-0.2, 0) is 11.3 Å². The van der Waals surface area contributed by atoms with Gasteiger partial charge in [-0.1, -0.05) is 56.5 Å². The van der Waals surface area contributed by atoms with Crippen LogP contribution in [0.3, 0.4) is 0 Å². The van der Waals surface area contributed by atoms with Crippen molar-refractivity contribution in [1.82, 2.24) is 0 Å². The summed E-state index contributed by atoms with van der Waals surface area (Å²) in [5.41, 5.74) is 2.79. The Hall–Kier alpha value is -1.08. The lowest BCUT2D eigenvalue weighted by Crippen LogP contribution is -2.13. The maximum Gasteiger partial charge on any atom is 0.0721 e. The van der Waals surface area contributed by atoms with E-state index in [2.05, 4.69) is 37.8 Å². The molecule has 0 aromatic heterocycles. The van der Waals surface area contributed by atoms with Crippen LogP contribution in [0.2, 0.25) is 0 Å². The van der Waals surface area contributed by atoms with E-state index in [1.54, 1.807) is 6.08 Å². The van der Waals surface area contributed by atoms with E-state index in [-0.39, 0.29) is 0 Å². The van der Waals surface area contributed by atoms with Gasteiger partial charge < -0.3 is 4.74 Å². The van der Waals surface area contributed by atoms with Gasteiger partial charge in [0.2, 0.25) is 0 Å². The first kappa shape index (κ1) is 16.3. The van der Waals surface area contributed by atoms with Crippen LogP contribution in [0.15, 0.2) is 36.9 Å². The molecular formula is C20H30O. The highest BCUT2D eigenvalue weighted by atomic mass is 16.5. The van der Waals surface area contributed by atoms with E-state index in [1.165, 1.54) is 56.1 Å². The normalized spacial score (nSPS) is 22.1. The lowest BCUT2D eigenvalue weighted by atomic mass is 9.77. The number of hydrogen-bond acceptors (Lipinski definition) is 1. The Kier molecular flexibility index (Phi) is 7.02. The molecule has 21 heavy (non-hydrogen) atoms. The Morgan fingerprint density at radius 2 is 1.86 bits per heavy atom. The highest BCUT2D eigenvalue weighted by molar-refractivity contribution is 5.25. The van der Waals surface area contributed by atoms with Gasteiger partial charge in [-0.3, -0.25) is 0 Å². The second kappa shape index (κ2) is 9.04. The van der Waals surface area contributed by atoms with Crippen LogP contribution in [0, 0.1) is 5.92 Å². The summed E-state index contributed by atoms with van der Waals surface area (Å²) in [6, 6.07) is 9.07. The molecule has 0 radical (unpaired) electrons. The summed E-state index contributed by atoms with van der Waals surface area (Å²) in [7, 11) is 0. The van der Waals surface area contributed by atoms with Crippen LogP contribution in [0.5, 0.6) is 0 Å². The monoisotopic (exact) mass is 286 g/mol. The lowest BCUT2D eigenvalue weighted by Gasteiger charge is -2.29. The third-order valence-corrected chi connectivity index (χ3v) is 4.77. The largest absolute Gasteiger partial charge is 0.373 e. The zero-order valence-corrected chi connectivity index (χ0v) is 13.5. The molecule has 0 bridgehead atoms. The van der Waals surface area contributed by atoms with Crippen molar-refractivity contribution in [2.24, 2.45) is 5.92 Å². The van der Waals surface area contributed by atoms with Gasteiger partial charge in [0.1, 0.15) is 0 Å². The minimum atomic E-state index is 0.628. The average Bonchev–Trinajstić information content (AvgIpc) is 2.54. The summed E-state index contributed by atoms with van der Waals surface area (Å²) < 4.78 is 5.49. The molecule has 1 aliphatic rings. The van der Waals surface area contributed by atoms with Gasteiger partial charge in [-0.25, -0.2) is 0 Å². The molecule has 1 heteroatoms. The van der Waals surface area contributed by atoms with Crippen molar-refractivity contribution in [2.45, 2.75) is 64.4 Å². The van der Waals surface area contributed by atoms with Gasteiger partial charge in [0.15, 0.2) is 0 Å². The third-order valence-electron chi connectivity index (χ3n) is 4.77. The zero-order chi connectivity index (χ0) is 14.9. The first-order chi connectivity index (χ1) is 10.3. The van der Waals surface area contributed by atoms with Gasteiger partial charge in [0.25, 0.3) is 0 Å². The van der Waals surface area contributed by atoms with Crippen molar-refractivity contribution >= 4 is 0 Å². The van der Waals surface area contributed by atoms with Gasteiger partial charge in [-0.2, -0.15) is 0 Å². The number of unbranched alkanes of at least 4 members (excludes halogenated alkanes) is 1. The fourth-order valence-electron chi connectivity index (χ4n) is 3.42. The highest BCUT2D eigenvalue weighted by Crippen LogP contribution is 2.37. The molecule has 1 aliphatic carbocycles. The summed E-state index contributed by atoms with van der Waals surface area (Å²) >= 11 is 0. The molecule has 1 aromatic carbocycles. The molecule has 0 heterocycles. The summed E-state index contributed by atoms with van der Waals surface area (Å²) in [5, 5.41) is 0. The summed E-state index contributed by atoms with van der Waals surface area (Å²) in [6.07, 6.45) is 11.6. The van der Waals surface area contributed by atoms with Crippen LogP contribution >= 0.6 is 0 Å². The molecule has 0 saturated heterocycles. The van der Waals surface area contributed by atoms with E-state index in [4.69, 9.17) is 4.74 Å². The molecule has 1 fully saturated rings. The van der Waals surface area contributed by atoms with Crippen molar-refractivity contribution < 1.29 is 4.74 Å². The van der Waals surface area contributed by atoms with Crippen molar-refractivity contribution in [2.75, 3.05) is 6.61 Å². The maximum atomic E-state index is 5.49. The maximum absolute atomic E-state index is 5.49. The topological polar surface area (TPSA) is 9.23 Å². The molecule has 1 aromatic rings. The van der Waals surface area contributed by atoms with E-state index >= 15 is 0 Å². The first-order valence-electron chi connectivity index (χ1n) is 8.61. The zero-order valence-electron chi connectivity index (χ0n) is 13.5. The smallest absolute Gasteiger partial charge is 0.0721 e. The Bertz CT molecular complexity index is 398. The summed E-state index contributed by atoms with van der Waals surface area (Å²) in [4.78, 5) is 0. The Balaban J connectivity index is 1.79. The van der Waals surface area contributed by atoms with Gasteiger partial charge >= 0.3 is 0 Å². The fraction of sp³-hybridized carbons (Fsp3) is 0.600. The first-order valence-corrected chi connectivity index (χ1v) is 8.61. The standard InChI is InChI=1S/C20H30O/c1-3-5-6-17-7-11-19(12-8-17)20-13-9-18(10-14-20)16-21-15-4-2/h4,9-10,13-14,17,19H,2-3,5-8,11-12,15-16H2,1H3. The molecule has 1 saturated carbocycles. The van der Waals surface area contributed by atoms with Crippen LogP contribution in [0.4, 0.5) is 0 Å². The fourth-order valence-corrected chi connectivity index (χ4v) is 3.42. The van der Waals surface area contributed by atoms with E-state index in [0.29, 0.717) is 13.2 Å². The highest BCUT2D eigenvalue weighted by Gasteiger charge is 2.21. The SMILES string of the molecule is C=CCOCc1ccc(C2CCC(CCCC)CC2)cc1. The number of rotatable bonds is 8. The molecule has 116 valence electrons. The number of benzene rings is 1. The van der Waals surface area contributed by atoms with Crippen molar-refractivity contribution in [3.05, 3.63) is 48.0 Å². The van der Waals surface area contributed by atoms with Gasteiger partial charge in [-0.05, 0) is 48.6 Å².